The van der Waals surface area contributed by atoms with Crippen molar-refractivity contribution in [3.05, 3.63) is 76.2 Å². The quantitative estimate of drug-likeness (QED) is 0.640. The third-order valence-corrected chi connectivity index (χ3v) is 3.02. The lowest BCUT2D eigenvalue weighted by atomic mass is 10.1. The topological polar surface area (TPSA) is 29.1 Å². The molecule has 0 radical (unpaired) electrons. The second-order valence-electron chi connectivity index (χ2n) is 3.97. The van der Waals surface area contributed by atoms with E-state index >= 15 is 0 Å². The molecule has 2 aromatic carbocycles. The summed E-state index contributed by atoms with van der Waals surface area (Å²) in [5, 5.41) is 3.57. The molecule has 0 saturated heterocycles. The number of hydrogen-bond donors (Lipinski definition) is 1. The molecule has 5 heteroatoms. The number of ketones is 1. The molecule has 0 spiro atoms. The molecule has 0 aliphatic carbocycles. The average molecular weight is 310 g/mol. The van der Waals surface area contributed by atoms with E-state index in [-0.39, 0.29) is 11.5 Å². The zero-order valence-corrected chi connectivity index (χ0v) is 11.8. The second-order valence-corrected chi connectivity index (χ2v) is 4.85. The fourth-order valence-corrected chi connectivity index (χ4v) is 1.81. The third kappa shape index (κ3) is 3.83. The first-order valence-corrected chi connectivity index (χ1v) is 6.50. The minimum atomic E-state index is -0.485. The summed E-state index contributed by atoms with van der Waals surface area (Å²) in [6, 6.07) is 10.8. The first-order chi connectivity index (χ1) is 9.56. The van der Waals surface area contributed by atoms with Gasteiger partial charge in [-0.2, -0.15) is 0 Å². The summed E-state index contributed by atoms with van der Waals surface area (Å²) in [7, 11) is 0. The summed E-state index contributed by atoms with van der Waals surface area (Å²) in [6.45, 7) is 0. The number of anilines is 1. The van der Waals surface area contributed by atoms with Gasteiger partial charge < -0.3 is 5.32 Å². The molecule has 0 aliphatic rings. The normalized spacial score (nSPS) is 10.8. The minimum absolute atomic E-state index is 0.205. The molecule has 0 amide bonds. The Morgan fingerprint density at radius 3 is 2.35 bits per heavy atom. The largest absolute Gasteiger partial charge is 0.359 e. The molecular weight excluding hydrogens is 300 g/mol. The molecule has 0 atom stereocenters. The Hall–Kier alpha value is -1.84. The lowest BCUT2D eigenvalue weighted by molar-refractivity contribution is 0.104. The molecule has 102 valence electrons. The summed E-state index contributed by atoms with van der Waals surface area (Å²) in [5.41, 5.74) is 0.749. The van der Waals surface area contributed by atoms with Gasteiger partial charge in [0.25, 0.3) is 0 Å². The van der Waals surface area contributed by atoms with E-state index in [9.17, 15) is 9.18 Å². The molecule has 0 aliphatic heterocycles. The fraction of sp³-hybridized carbons (Fsp3) is 0. The van der Waals surface area contributed by atoms with Crippen LogP contribution >= 0.6 is 23.2 Å². The third-order valence-electron chi connectivity index (χ3n) is 2.53. The van der Waals surface area contributed by atoms with Crippen LogP contribution in [-0.4, -0.2) is 5.78 Å². The van der Waals surface area contributed by atoms with Crippen LogP contribution in [0.4, 0.5) is 10.1 Å². The van der Waals surface area contributed by atoms with E-state index in [2.05, 4.69) is 5.32 Å². The molecule has 20 heavy (non-hydrogen) atoms. The molecular formula is C15H10Cl2FNO. The molecule has 0 bridgehead atoms. The molecule has 2 nitrogen and oxygen atoms in total. The maximum absolute atomic E-state index is 13.5. The van der Waals surface area contributed by atoms with E-state index in [0.717, 1.165) is 0 Å². The number of carbonyl (C=O) groups is 1. The SMILES string of the molecule is O=C(C=CNc1ccc(Cl)cc1F)c1ccc(Cl)cc1. The van der Waals surface area contributed by atoms with Gasteiger partial charge in [-0.3, -0.25) is 4.79 Å². The summed E-state index contributed by atoms with van der Waals surface area (Å²) < 4.78 is 13.5. The Morgan fingerprint density at radius 1 is 1.05 bits per heavy atom. The highest BCUT2D eigenvalue weighted by molar-refractivity contribution is 6.31. The molecule has 0 unspecified atom stereocenters. The van der Waals surface area contributed by atoms with Crippen molar-refractivity contribution >= 4 is 34.7 Å². The van der Waals surface area contributed by atoms with E-state index < -0.39 is 5.82 Å². The molecule has 2 aromatic rings. The van der Waals surface area contributed by atoms with E-state index in [1.807, 2.05) is 0 Å². The van der Waals surface area contributed by atoms with Crippen molar-refractivity contribution in [2.75, 3.05) is 5.32 Å². The van der Waals surface area contributed by atoms with Gasteiger partial charge in [0.2, 0.25) is 0 Å². The number of hydrogen-bond acceptors (Lipinski definition) is 2. The van der Waals surface area contributed by atoms with Gasteiger partial charge in [-0.15, -0.1) is 0 Å². The van der Waals surface area contributed by atoms with Gasteiger partial charge in [0.15, 0.2) is 5.78 Å². The Balaban J connectivity index is 2.02. The number of rotatable bonds is 4. The first-order valence-electron chi connectivity index (χ1n) is 5.74. The van der Waals surface area contributed by atoms with Crippen LogP contribution in [0.25, 0.3) is 0 Å². The first kappa shape index (κ1) is 14.6. The van der Waals surface area contributed by atoms with Crippen LogP contribution in [0.2, 0.25) is 10.0 Å². The van der Waals surface area contributed by atoms with Crippen molar-refractivity contribution in [3.63, 3.8) is 0 Å². The lowest BCUT2D eigenvalue weighted by Crippen LogP contribution is -1.97. The smallest absolute Gasteiger partial charge is 0.187 e. The number of carbonyl (C=O) groups excluding carboxylic acids is 1. The number of allylic oxidation sites excluding steroid dienone is 1. The standard InChI is InChI=1S/C15H10Cl2FNO/c16-11-3-1-10(2-4-11)15(20)7-8-19-14-6-5-12(17)9-13(14)18/h1-9,19H. The maximum atomic E-state index is 13.5. The highest BCUT2D eigenvalue weighted by Gasteiger charge is 2.02. The summed E-state index contributed by atoms with van der Waals surface area (Å²) in [6.07, 6.45) is 2.69. The zero-order valence-electron chi connectivity index (χ0n) is 10.2. The molecule has 0 heterocycles. The van der Waals surface area contributed by atoms with E-state index in [4.69, 9.17) is 23.2 Å². The van der Waals surface area contributed by atoms with Gasteiger partial charge in [0, 0.05) is 27.9 Å². The van der Waals surface area contributed by atoms with Gasteiger partial charge in [-0.25, -0.2) is 4.39 Å². The highest BCUT2D eigenvalue weighted by atomic mass is 35.5. The van der Waals surface area contributed by atoms with Crippen LogP contribution in [0.1, 0.15) is 10.4 Å². The Kier molecular flexibility index (Phi) is 4.77. The predicted octanol–water partition coefficient (Wildman–Crippen LogP) is 4.94. The summed E-state index contributed by atoms with van der Waals surface area (Å²) >= 11 is 11.4. The summed E-state index contributed by atoms with van der Waals surface area (Å²) in [4.78, 5) is 11.8. The molecule has 1 N–H and O–H groups in total. The van der Waals surface area contributed by atoms with E-state index in [1.54, 1.807) is 30.3 Å². The predicted molar refractivity (Wildman–Crippen MR) is 80.0 cm³/mol. The number of benzene rings is 2. The van der Waals surface area contributed by atoms with Crippen LogP contribution in [0, 0.1) is 5.82 Å². The Bertz CT molecular complexity index is 653. The van der Waals surface area contributed by atoms with Crippen molar-refractivity contribution in [1.82, 2.24) is 0 Å². The van der Waals surface area contributed by atoms with E-state index in [1.165, 1.54) is 24.4 Å². The van der Waals surface area contributed by atoms with Gasteiger partial charge in [-0.1, -0.05) is 23.2 Å². The van der Waals surface area contributed by atoms with Crippen LogP contribution in [0.5, 0.6) is 0 Å². The number of halogens is 3. The van der Waals surface area contributed by atoms with Crippen LogP contribution < -0.4 is 5.32 Å². The van der Waals surface area contributed by atoms with Gasteiger partial charge in [0.05, 0.1) is 5.69 Å². The molecule has 0 saturated carbocycles. The van der Waals surface area contributed by atoms with Crippen molar-refractivity contribution < 1.29 is 9.18 Å². The van der Waals surface area contributed by atoms with Gasteiger partial charge >= 0.3 is 0 Å². The monoisotopic (exact) mass is 309 g/mol. The van der Waals surface area contributed by atoms with Crippen LogP contribution in [0.3, 0.4) is 0 Å². The maximum Gasteiger partial charge on any atom is 0.187 e. The minimum Gasteiger partial charge on any atom is -0.359 e. The average Bonchev–Trinajstić information content (AvgIpc) is 2.42. The Morgan fingerprint density at radius 2 is 1.70 bits per heavy atom. The van der Waals surface area contributed by atoms with Gasteiger partial charge in [-0.05, 0) is 42.5 Å². The molecule has 0 fully saturated rings. The summed E-state index contributed by atoms with van der Waals surface area (Å²) in [5.74, 6) is -0.690. The van der Waals surface area contributed by atoms with Crippen LogP contribution in [-0.2, 0) is 0 Å². The second kappa shape index (κ2) is 6.55. The number of nitrogens with one attached hydrogen (secondary N) is 1. The van der Waals surface area contributed by atoms with E-state index in [0.29, 0.717) is 15.6 Å². The highest BCUT2D eigenvalue weighted by Crippen LogP contribution is 2.18. The van der Waals surface area contributed by atoms with Gasteiger partial charge in [0.1, 0.15) is 5.82 Å². The Labute approximate surface area is 125 Å². The van der Waals surface area contributed by atoms with Crippen molar-refractivity contribution in [1.29, 1.82) is 0 Å². The zero-order chi connectivity index (χ0) is 14.5. The fourth-order valence-electron chi connectivity index (χ4n) is 1.52. The van der Waals surface area contributed by atoms with Crippen molar-refractivity contribution in [2.24, 2.45) is 0 Å². The molecule has 0 aromatic heterocycles. The van der Waals surface area contributed by atoms with Crippen molar-refractivity contribution in [3.8, 4) is 0 Å². The van der Waals surface area contributed by atoms with Crippen LogP contribution in [0.15, 0.2) is 54.7 Å². The molecule has 2 rings (SSSR count). The van der Waals surface area contributed by atoms with Crippen molar-refractivity contribution in [2.45, 2.75) is 0 Å². The lowest BCUT2D eigenvalue weighted by Gasteiger charge is -2.02.